The molecule has 5 unspecified atom stereocenters. The van der Waals surface area contributed by atoms with Crippen molar-refractivity contribution in [3.8, 4) is 0 Å². The van der Waals surface area contributed by atoms with Crippen molar-refractivity contribution in [3.63, 3.8) is 0 Å². The van der Waals surface area contributed by atoms with Crippen LogP contribution >= 0.6 is 11.8 Å². The highest BCUT2D eigenvalue weighted by Gasteiger charge is 2.47. The molecular formula is C16H30N2O6S. The Bertz CT molecular complexity index is 425. The lowest BCUT2D eigenvalue weighted by molar-refractivity contribution is -0.194. The molecule has 1 fully saturated rings. The molecule has 9 heteroatoms. The number of nitrogens with one attached hydrogen (secondary N) is 1. The van der Waals surface area contributed by atoms with Gasteiger partial charge in [-0.1, -0.05) is 12.8 Å². The summed E-state index contributed by atoms with van der Waals surface area (Å²) < 4.78 is 11.0. The van der Waals surface area contributed by atoms with Gasteiger partial charge >= 0.3 is 5.97 Å². The topological polar surface area (TPSA) is 131 Å². The fourth-order valence-electron chi connectivity index (χ4n) is 2.73. The molecule has 0 aromatic carbocycles. The van der Waals surface area contributed by atoms with Crippen LogP contribution in [0, 0.1) is 0 Å². The van der Waals surface area contributed by atoms with Crippen molar-refractivity contribution in [2.45, 2.75) is 69.3 Å². The Hall–Kier alpha value is -0.870. The SMILES string of the molecule is CC(=O)NC1C(SCCCCCCN)OC(CO)C(O)C1OC(C)=O. The van der Waals surface area contributed by atoms with Gasteiger partial charge in [-0.3, -0.25) is 9.59 Å². The number of rotatable bonds is 10. The molecule has 0 aromatic heterocycles. The number of carbonyl (C=O) groups excluding carboxylic acids is 2. The summed E-state index contributed by atoms with van der Waals surface area (Å²) in [6, 6.07) is -0.687. The van der Waals surface area contributed by atoms with Gasteiger partial charge in [0, 0.05) is 13.8 Å². The number of carbonyl (C=O) groups is 2. The van der Waals surface area contributed by atoms with E-state index in [1.54, 1.807) is 0 Å². The van der Waals surface area contributed by atoms with Crippen LogP contribution < -0.4 is 11.1 Å². The number of unbranched alkanes of at least 4 members (excludes halogenated alkanes) is 3. The number of aliphatic hydroxyl groups excluding tert-OH is 2. The molecule has 1 aliphatic heterocycles. The van der Waals surface area contributed by atoms with Crippen LogP contribution in [0.3, 0.4) is 0 Å². The molecule has 0 aromatic rings. The lowest BCUT2D eigenvalue weighted by Gasteiger charge is -2.43. The minimum absolute atomic E-state index is 0.311. The van der Waals surface area contributed by atoms with Gasteiger partial charge in [0.15, 0.2) is 6.10 Å². The van der Waals surface area contributed by atoms with Gasteiger partial charge in [0.25, 0.3) is 0 Å². The van der Waals surface area contributed by atoms with Gasteiger partial charge in [0.2, 0.25) is 5.91 Å². The fourth-order valence-corrected chi connectivity index (χ4v) is 3.98. The molecule has 5 N–H and O–H groups in total. The number of ether oxygens (including phenoxy) is 2. The van der Waals surface area contributed by atoms with E-state index < -0.39 is 42.4 Å². The summed E-state index contributed by atoms with van der Waals surface area (Å²) in [5.74, 6) is -0.0933. The Morgan fingerprint density at radius 2 is 1.92 bits per heavy atom. The Morgan fingerprint density at radius 3 is 2.48 bits per heavy atom. The highest BCUT2D eigenvalue weighted by atomic mass is 32.2. The monoisotopic (exact) mass is 378 g/mol. The van der Waals surface area contributed by atoms with Gasteiger partial charge in [-0.2, -0.15) is 0 Å². The molecule has 25 heavy (non-hydrogen) atoms. The summed E-state index contributed by atoms with van der Waals surface area (Å²) in [4.78, 5) is 22.9. The second-order valence-corrected chi connectivity index (χ2v) is 7.30. The Labute approximate surface area is 152 Å². The van der Waals surface area contributed by atoms with E-state index >= 15 is 0 Å². The standard InChI is InChI=1S/C16H30N2O6S/c1-10(20)18-13-15(23-11(2)21)14(22)12(9-19)24-16(13)25-8-6-4-3-5-7-17/h12-16,19,22H,3-9,17H2,1-2H3,(H,18,20). The molecule has 0 bridgehead atoms. The van der Waals surface area contributed by atoms with Gasteiger partial charge in [-0.25, -0.2) is 0 Å². The van der Waals surface area contributed by atoms with Crippen LogP contribution in [0.5, 0.6) is 0 Å². The van der Waals surface area contributed by atoms with Gasteiger partial charge in [0.05, 0.1) is 6.61 Å². The van der Waals surface area contributed by atoms with Crippen LogP contribution in [-0.4, -0.2) is 70.8 Å². The van der Waals surface area contributed by atoms with Gasteiger partial charge in [0.1, 0.15) is 23.7 Å². The quantitative estimate of drug-likeness (QED) is 0.302. The maximum Gasteiger partial charge on any atom is 0.303 e. The number of esters is 1. The number of aliphatic hydroxyl groups is 2. The van der Waals surface area contributed by atoms with Crippen molar-refractivity contribution < 1.29 is 29.3 Å². The molecule has 1 amide bonds. The molecule has 1 heterocycles. The molecule has 1 rings (SSSR count). The molecule has 0 spiro atoms. The molecule has 5 atom stereocenters. The van der Waals surface area contributed by atoms with Gasteiger partial charge in [-0.15, -0.1) is 11.8 Å². The highest BCUT2D eigenvalue weighted by Crippen LogP contribution is 2.31. The fraction of sp³-hybridized carbons (Fsp3) is 0.875. The van der Waals surface area contributed by atoms with E-state index in [1.165, 1.54) is 25.6 Å². The minimum atomic E-state index is -1.22. The number of hydrogen-bond donors (Lipinski definition) is 4. The van der Waals surface area contributed by atoms with Gasteiger partial charge < -0.3 is 30.7 Å². The van der Waals surface area contributed by atoms with Crippen LogP contribution in [-0.2, 0) is 19.1 Å². The van der Waals surface area contributed by atoms with E-state index in [4.69, 9.17) is 15.2 Å². The highest BCUT2D eigenvalue weighted by molar-refractivity contribution is 7.99. The van der Waals surface area contributed by atoms with E-state index in [-0.39, 0.29) is 5.91 Å². The summed E-state index contributed by atoms with van der Waals surface area (Å²) in [6.07, 6.45) is 1.000. The second-order valence-electron chi connectivity index (χ2n) is 6.09. The van der Waals surface area contributed by atoms with Crippen molar-refractivity contribution in [2.24, 2.45) is 5.73 Å². The van der Waals surface area contributed by atoms with Crippen LogP contribution in [0.4, 0.5) is 0 Å². The number of amides is 1. The third kappa shape index (κ3) is 7.49. The summed E-state index contributed by atoms with van der Waals surface area (Å²) >= 11 is 1.48. The largest absolute Gasteiger partial charge is 0.457 e. The first kappa shape index (κ1) is 22.2. The van der Waals surface area contributed by atoms with Crippen LogP contribution in [0.1, 0.15) is 39.5 Å². The molecule has 146 valence electrons. The molecule has 0 saturated carbocycles. The van der Waals surface area contributed by atoms with E-state index in [0.717, 1.165) is 31.4 Å². The normalized spacial score (nSPS) is 29.2. The number of hydrogen-bond acceptors (Lipinski definition) is 8. The summed E-state index contributed by atoms with van der Waals surface area (Å²) in [6.45, 7) is 2.87. The van der Waals surface area contributed by atoms with Crippen LogP contribution in [0.15, 0.2) is 0 Å². The average molecular weight is 378 g/mol. The Morgan fingerprint density at radius 1 is 1.24 bits per heavy atom. The Kier molecular flexibility index (Phi) is 10.4. The summed E-state index contributed by atoms with van der Waals surface area (Å²) in [5.41, 5.74) is 4.94. The van der Waals surface area contributed by atoms with E-state index in [1.807, 2.05) is 0 Å². The minimum Gasteiger partial charge on any atom is -0.457 e. The third-order valence-corrected chi connectivity index (χ3v) is 5.16. The maximum absolute atomic E-state index is 11.5. The maximum atomic E-state index is 11.5. The van der Waals surface area contributed by atoms with Crippen molar-refractivity contribution in [2.75, 3.05) is 18.9 Å². The van der Waals surface area contributed by atoms with Crippen molar-refractivity contribution >= 4 is 23.6 Å². The second kappa shape index (κ2) is 11.7. The van der Waals surface area contributed by atoms with E-state index in [9.17, 15) is 19.8 Å². The lowest BCUT2D eigenvalue weighted by atomic mass is 9.97. The first-order valence-electron chi connectivity index (χ1n) is 8.61. The van der Waals surface area contributed by atoms with Crippen molar-refractivity contribution in [1.29, 1.82) is 0 Å². The predicted molar refractivity (Wildman–Crippen MR) is 94.9 cm³/mol. The summed E-state index contributed by atoms with van der Waals surface area (Å²) in [5, 5.41) is 22.5. The van der Waals surface area contributed by atoms with E-state index in [0.29, 0.717) is 6.54 Å². The number of nitrogens with two attached hydrogens (primary N) is 1. The van der Waals surface area contributed by atoms with Crippen LogP contribution in [0.2, 0.25) is 0 Å². The molecule has 0 radical (unpaired) electrons. The first-order valence-corrected chi connectivity index (χ1v) is 9.66. The molecule has 1 aliphatic rings. The smallest absolute Gasteiger partial charge is 0.303 e. The predicted octanol–water partition coefficient (Wildman–Crippen LogP) is -0.247. The zero-order chi connectivity index (χ0) is 18.8. The van der Waals surface area contributed by atoms with Crippen molar-refractivity contribution in [3.05, 3.63) is 0 Å². The summed E-state index contributed by atoms with van der Waals surface area (Å²) in [7, 11) is 0. The first-order chi connectivity index (χ1) is 11.9. The molecule has 1 saturated heterocycles. The molecule has 0 aliphatic carbocycles. The lowest BCUT2D eigenvalue weighted by Crippen LogP contribution is -2.64. The molecule has 8 nitrogen and oxygen atoms in total. The Balaban J connectivity index is 2.74. The van der Waals surface area contributed by atoms with Gasteiger partial charge in [-0.05, 0) is 25.1 Å². The zero-order valence-electron chi connectivity index (χ0n) is 14.8. The van der Waals surface area contributed by atoms with E-state index in [2.05, 4.69) is 5.32 Å². The third-order valence-electron chi connectivity index (χ3n) is 3.91. The zero-order valence-corrected chi connectivity index (χ0v) is 15.7. The van der Waals surface area contributed by atoms with Crippen molar-refractivity contribution in [1.82, 2.24) is 5.32 Å². The molecular weight excluding hydrogens is 348 g/mol. The average Bonchev–Trinajstić information content (AvgIpc) is 2.55. The number of thioether (sulfide) groups is 1. The van der Waals surface area contributed by atoms with Crippen LogP contribution in [0.25, 0.3) is 0 Å².